The Balaban J connectivity index is 1.86. The van der Waals surface area contributed by atoms with Gasteiger partial charge in [0.25, 0.3) is 0 Å². The number of carboxylic acids is 1. The van der Waals surface area contributed by atoms with E-state index < -0.39 is 5.97 Å². The number of aryl methyl sites for hydroxylation is 1. The third-order valence-electron chi connectivity index (χ3n) is 3.08. The van der Waals surface area contributed by atoms with Crippen molar-refractivity contribution >= 4 is 17.6 Å². The summed E-state index contributed by atoms with van der Waals surface area (Å²) in [6, 6.07) is 6.39. The van der Waals surface area contributed by atoms with Crippen molar-refractivity contribution in [1.29, 1.82) is 0 Å². The number of hydrogen-bond acceptors (Lipinski definition) is 5. The molecule has 2 N–H and O–H groups in total. The zero-order valence-electron chi connectivity index (χ0n) is 11.8. The smallest absolute Gasteiger partial charge is 0.335 e. The summed E-state index contributed by atoms with van der Waals surface area (Å²) in [5, 5.41) is 11.9. The Morgan fingerprint density at radius 1 is 1.27 bits per heavy atom. The fourth-order valence-corrected chi connectivity index (χ4v) is 1.96. The molecule has 0 aliphatic heterocycles. The van der Waals surface area contributed by atoms with Gasteiger partial charge in [0.05, 0.1) is 5.56 Å². The molecule has 0 aliphatic rings. The Bertz CT molecular complexity index is 797. The first-order valence-corrected chi connectivity index (χ1v) is 6.56. The number of imidazole rings is 1. The van der Waals surface area contributed by atoms with Crippen LogP contribution in [0.4, 0.5) is 11.6 Å². The molecule has 110 valence electrons. The van der Waals surface area contributed by atoms with Crippen LogP contribution in [0.5, 0.6) is 0 Å². The number of hydrogen-bond donors (Lipinski definition) is 2. The number of rotatable bonds is 4. The van der Waals surface area contributed by atoms with Crippen molar-refractivity contribution in [2.45, 2.75) is 6.92 Å². The first kappa shape index (κ1) is 13.7. The predicted molar refractivity (Wildman–Crippen MR) is 80.6 cm³/mol. The van der Waals surface area contributed by atoms with Crippen LogP contribution in [0.15, 0.2) is 49.2 Å². The van der Waals surface area contributed by atoms with Crippen molar-refractivity contribution in [3.8, 4) is 5.82 Å². The highest BCUT2D eigenvalue weighted by molar-refractivity contribution is 5.88. The number of anilines is 2. The number of aromatic nitrogens is 4. The highest BCUT2D eigenvalue weighted by Crippen LogP contribution is 2.17. The zero-order valence-corrected chi connectivity index (χ0v) is 11.8. The lowest BCUT2D eigenvalue weighted by molar-refractivity contribution is 0.0697. The molecule has 1 aromatic carbocycles. The Morgan fingerprint density at radius 2 is 2.05 bits per heavy atom. The Labute approximate surface area is 126 Å². The molecule has 0 aliphatic carbocycles. The SMILES string of the molecule is Cc1cnc(Nc2ccc(C(=O)O)cc2)nc1-n1ccnc1. The summed E-state index contributed by atoms with van der Waals surface area (Å²) in [5.74, 6) is 0.204. The third kappa shape index (κ3) is 2.78. The molecule has 0 bridgehead atoms. The van der Waals surface area contributed by atoms with Gasteiger partial charge in [-0.05, 0) is 31.2 Å². The molecule has 2 aromatic heterocycles. The molecule has 7 nitrogen and oxygen atoms in total. The lowest BCUT2D eigenvalue weighted by Gasteiger charge is -2.09. The quantitative estimate of drug-likeness (QED) is 0.767. The van der Waals surface area contributed by atoms with Gasteiger partial charge in [-0.1, -0.05) is 0 Å². The maximum Gasteiger partial charge on any atom is 0.335 e. The first-order valence-electron chi connectivity index (χ1n) is 6.56. The molecule has 22 heavy (non-hydrogen) atoms. The van der Waals surface area contributed by atoms with Crippen LogP contribution in [0.25, 0.3) is 5.82 Å². The van der Waals surface area contributed by atoms with Crippen LogP contribution in [0.2, 0.25) is 0 Å². The van der Waals surface area contributed by atoms with Crippen molar-refractivity contribution in [1.82, 2.24) is 19.5 Å². The number of benzene rings is 1. The molecule has 0 spiro atoms. The minimum atomic E-state index is -0.958. The van der Waals surface area contributed by atoms with Gasteiger partial charge in [-0.25, -0.2) is 14.8 Å². The van der Waals surface area contributed by atoms with Crippen LogP contribution in [-0.4, -0.2) is 30.6 Å². The summed E-state index contributed by atoms with van der Waals surface area (Å²) < 4.78 is 1.80. The largest absolute Gasteiger partial charge is 0.478 e. The van der Waals surface area contributed by atoms with Crippen molar-refractivity contribution in [3.63, 3.8) is 0 Å². The molecule has 0 saturated carbocycles. The fraction of sp³-hybridized carbons (Fsp3) is 0.0667. The lowest BCUT2D eigenvalue weighted by Crippen LogP contribution is -2.04. The molecule has 0 radical (unpaired) electrons. The van der Waals surface area contributed by atoms with Gasteiger partial charge in [0.2, 0.25) is 5.95 Å². The maximum atomic E-state index is 10.8. The van der Waals surface area contributed by atoms with Crippen molar-refractivity contribution in [2.75, 3.05) is 5.32 Å². The summed E-state index contributed by atoms with van der Waals surface area (Å²) in [6.45, 7) is 1.92. The van der Waals surface area contributed by atoms with Crippen molar-refractivity contribution in [3.05, 3.63) is 60.3 Å². The van der Waals surface area contributed by atoms with E-state index in [1.54, 1.807) is 41.6 Å². The van der Waals surface area contributed by atoms with Crippen LogP contribution in [0.1, 0.15) is 15.9 Å². The summed E-state index contributed by atoms with van der Waals surface area (Å²) in [7, 11) is 0. The van der Waals surface area contributed by atoms with Gasteiger partial charge in [0, 0.05) is 29.8 Å². The fourth-order valence-electron chi connectivity index (χ4n) is 1.96. The van der Waals surface area contributed by atoms with Crippen LogP contribution in [0, 0.1) is 6.92 Å². The average Bonchev–Trinajstić information content (AvgIpc) is 3.04. The van der Waals surface area contributed by atoms with Gasteiger partial charge < -0.3 is 10.4 Å². The third-order valence-corrected chi connectivity index (χ3v) is 3.08. The minimum Gasteiger partial charge on any atom is -0.478 e. The average molecular weight is 295 g/mol. The van der Waals surface area contributed by atoms with Crippen molar-refractivity contribution < 1.29 is 9.90 Å². The first-order chi connectivity index (χ1) is 10.6. The number of aromatic carboxylic acids is 1. The van der Waals surface area contributed by atoms with E-state index >= 15 is 0 Å². The van der Waals surface area contributed by atoms with Crippen LogP contribution in [0.3, 0.4) is 0 Å². The van der Waals surface area contributed by atoms with E-state index in [9.17, 15) is 4.79 Å². The van der Waals surface area contributed by atoms with E-state index in [1.807, 2.05) is 6.92 Å². The van der Waals surface area contributed by atoms with Gasteiger partial charge in [0.15, 0.2) is 0 Å². The van der Waals surface area contributed by atoms with Crippen LogP contribution < -0.4 is 5.32 Å². The van der Waals surface area contributed by atoms with Crippen molar-refractivity contribution in [2.24, 2.45) is 0 Å². The zero-order chi connectivity index (χ0) is 15.5. The molecule has 0 saturated heterocycles. The van der Waals surface area contributed by atoms with E-state index in [4.69, 9.17) is 5.11 Å². The minimum absolute atomic E-state index is 0.231. The highest BCUT2D eigenvalue weighted by atomic mass is 16.4. The van der Waals surface area contributed by atoms with E-state index in [-0.39, 0.29) is 5.56 Å². The Hall–Kier alpha value is -3.22. The van der Waals surface area contributed by atoms with E-state index in [0.29, 0.717) is 11.6 Å². The second-order valence-electron chi connectivity index (χ2n) is 4.68. The normalized spacial score (nSPS) is 10.4. The summed E-state index contributed by atoms with van der Waals surface area (Å²) >= 11 is 0. The Morgan fingerprint density at radius 3 is 2.68 bits per heavy atom. The van der Waals surface area contributed by atoms with E-state index in [2.05, 4.69) is 20.3 Å². The second kappa shape index (κ2) is 5.65. The van der Waals surface area contributed by atoms with E-state index in [0.717, 1.165) is 11.4 Å². The van der Waals surface area contributed by atoms with Gasteiger partial charge >= 0.3 is 5.97 Å². The van der Waals surface area contributed by atoms with Crippen LogP contribution >= 0.6 is 0 Å². The summed E-state index contributed by atoms with van der Waals surface area (Å²) in [5.41, 5.74) is 1.87. The van der Waals surface area contributed by atoms with Crippen LogP contribution in [-0.2, 0) is 0 Å². The summed E-state index contributed by atoms with van der Waals surface area (Å²) in [6.07, 6.45) is 6.87. The number of carbonyl (C=O) groups is 1. The molecule has 3 rings (SSSR count). The highest BCUT2D eigenvalue weighted by Gasteiger charge is 2.07. The standard InChI is InChI=1S/C15H13N5O2/c1-10-8-17-15(19-13(10)20-7-6-16-9-20)18-12-4-2-11(3-5-12)14(21)22/h2-9H,1H3,(H,21,22)(H,17,18,19). The molecule has 7 heteroatoms. The van der Waals surface area contributed by atoms with Gasteiger partial charge in [-0.15, -0.1) is 0 Å². The molecule has 0 atom stereocenters. The van der Waals surface area contributed by atoms with Gasteiger partial charge in [0.1, 0.15) is 12.1 Å². The topological polar surface area (TPSA) is 92.9 Å². The predicted octanol–water partition coefficient (Wildman–Crippen LogP) is 2.41. The molecular weight excluding hydrogens is 282 g/mol. The molecule has 0 fully saturated rings. The second-order valence-corrected chi connectivity index (χ2v) is 4.68. The van der Waals surface area contributed by atoms with Gasteiger partial charge in [-0.2, -0.15) is 4.98 Å². The van der Waals surface area contributed by atoms with E-state index in [1.165, 1.54) is 12.1 Å². The molecular formula is C15H13N5O2. The molecule has 3 aromatic rings. The van der Waals surface area contributed by atoms with Gasteiger partial charge in [-0.3, -0.25) is 4.57 Å². The molecule has 0 unspecified atom stereocenters. The lowest BCUT2D eigenvalue weighted by atomic mass is 10.2. The number of carboxylic acid groups (broad SMARTS) is 1. The number of nitrogens with one attached hydrogen (secondary N) is 1. The Kier molecular flexibility index (Phi) is 3.53. The molecule has 0 amide bonds. The molecule has 2 heterocycles. The summed E-state index contributed by atoms with van der Waals surface area (Å²) in [4.78, 5) is 23.5. The maximum absolute atomic E-state index is 10.8. The monoisotopic (exact) mass is 295 g/mol. The number of nitrogens with zero attached hydrogens (tertiary/aromatic N) is 4.